The fraction of sp³-hybridized carbons (Fsp3) is 0.583. The highest BCUT2D eigenvalue weighted by Crippen LogP contribution is 2.32. The maximum absolute atomic E-state index is 12.2. The van der Waals surface area contributed by atoms with Crippen LogP contribution in [0.5, 0.6) is 0 Å². The van der Waals surface area contributed by atoms with Crippen LogP contribution < -0.4 is 4.72 Å². The van der Waals surface area contributed by atoms with Gasteiger partial charge in [0.15, 0.2) is 0 Å². The number of sulfonamides is 1. The first-order valence-electron chi connectivity index (χ1n) is 5.96. The number of hydrogen-bond acceptors (Lipinski definition) is 4. The average Bonchev–Trinajstić information content (AvgIpc) is 2.91. The predicted octanol–water partition coefficient (Wildman–Crippen LogP) is 2.33. The third kappa shape index (κ3) is 2.58. The molecule has 1 heterocycles. The second-order valence-electron chi connectivity index (χ2n) is 4.87. The second-order valence-corrected chi connectivity index (χ2v) is 7.90. The highest BCUT2D eigenvalue weighted by atomic mass is 32.2. The summed E-state index contributed by atoms with van der Waals surface area (Å²) in [4.78, 5) is 0.420. The molecule has 18 heavy (non-hydrogen) atoms. The quantitative estimate of drug-likeness (QED) is 0.926. The summed E-state index contributed by atoms with van der Waals surface area (Å²) < 4.78 is 27.3. The normalized spacial score (nSPS) is 28.2. The predicted molar refractivity (Wildman–Crippen MR) is 70.7 cm³/mol. The van der Waals surface area contributed by atoms with Gasteiger partial charge in [-0.1, -0.05) is 13.8 Å². The van der Waals surface area contributed by atoms with E-state index in [-0.39, 0.29) is 10.3 Å². The van der Waals surface area contributed by atoms with E-state index in [2.05, 4.69) is 18.6 Å². The van der Waals surface area contributed by atoms with E-state index in [1.807, 2.05) is 6.07 Å². The van der Waals surface area contributed by atoms with Crippen molar-refractivity contribution in [1.29, 1.82) is 5.26 Å². The van der Waals surface area contributed by atoms with Crippen LogP contribution in [-0.2, 0) is 10.0 Å². The summed E-state index contributed by atoms with van der Waals surface area (Å²) in [5.41, 5.74) is 0. The topological polar surface area (TPSA) is 70.0 Å². The first-order valence-corrected chi connectivity index (χ1v) is 8.26. The minimum absolute atomic E-state index is 0.0117. The van der Waals surface area contributed by atoms with E-state index in [1.54, 1.807) is 6.07 Å². The molecule has 3 atom stereocenters. The van der Waals surface area contributed by atoms with Gasteiger partial charge in [0.05, 0.1) is 0 Å². The van der Waals surface area contributed by atoms with Gasteiger partial charge < -0.3 is 0 Å². The van der Waals surface area contributed by atoms with Gasteiger partial charge in [-0.05, 0) is 36.8 Å². The Bertz CT molecular complexity index is 571. The van der Waals surface area contributed by atoms with Crippen LogP contribution >= 0.6 is 11.3 Å². The summed E-state index contributed by atoms with van der Waals surface area (Å²) >= 11 is 1.01. The molecular weight excluding hydrogens is 268 g/mol. The monoisotopic (exact) mass is 284 g/mol. The van der Waals surface area contributed by atoms with E-state index in [1.165, 1.54) is 6.07 Å². The Hall–Kier alpha value is -0.900. The van der Waals surface area contributed by atoms with Crippen molar-refractivity contribution in [1.82, 2.24) is 4.72 Å². The SMILES string of the molecule is CC1CCC(NS(=O)(=O)c2ccc(C#N)s2)C1C. The van der Waals surface area contributed by atoms with E-state index in [4.69, 9.17) is 5.26 Å². The molecule has 1 N–H and O–H groups in total. The molecule has 0 radical (unpaired) electrons. The molecule has 1 aliphatic carbocycles. The van der Waals surface area contributed by atoms with E-state index < -0.39 is 10.0 Å². The zero-order valence-electron chi connectivity index (χ0n) is 10.4. The Kier molecular flexibility index (Phi) is 3.76. The standard InChI is InChI=1S/C12H16N2O2S2/c1-8-3-5-11(9(8)2)14-18(15,16)12-6-4-10(7-13)17-12/h4,6,8-9,11,14H,3,5H2,1-2H3. The second kappa shape index (κ2) is 5.00. The molecule has 4 nitrogen and oxygen atoms in total. The van der Waals surface area contributed by atoms with Crippen LogP contribution in [0.3, 0.4) is 0 Å². The first kappa shape index (κ1) is 13.5. The van der Waals surface area contributed by atoms with E-state index >= 15 is 0 Å². The minimum Gasteiger partial charge on any atom is -0.207 e. The molecule has 0 bridgehead atoms. The van der Waals surface area contributed by atoms with Crippen molar-refractivity contribution in [2.24, 2.45) is 11.8 Å². The Morgan fingerprint density at radius 2 is 2.11 bits per heavy atom. The molecule has 0 aliphatic heterocycles. The highest BCUT2D eigenvalue weighted by Gasteiger charge is 2.33. The molecule has 0 aromatic carbocycles. The molecule has 1 aromatic heterocycles. The zero-order chi connectivity index (χ0) is 13.3. The highest BCUT2D eigenvalue weighted by molar-refractivity contribution is 7.91. The molecule has 1 aliphatic rings. The Balaban J connectivity index is 2.15. The van der Waals surface area contributed by atoms with Crippen LogP contribution in [0.15, 0.2) is 16.3 Å². The van der Waals surface area contributed by atoms with Crippen LogP contribution in [-0.4, -0.2) is 14.5 Å². The van der Waals surface area contributed by atoms with Crippen molar-refractivity contribution in [3.63, 3.8) is 0 Å². The number of hydrogen-bond donors (Lipinski definition) is 1. The molecule has 98 valence electrons. The summed E-state index contributed by atoms with van der Waals surface area (Å²) in [5, 5.41) is 8.72. The minimum atomic E-state index is -3.47. The van der Waals surface area contributed by atoms with Crippen molar-refractivity contribution in [3.8, 4) is 6.07 Å². The molecule has 1 saturated carbocycles. The van der Waals surface area contributed by atoms with Crippen molar-refractivity contribution < 1.29 is 8.42 Å². The van der Waals surface area contributed by atoms with Gasteiger partial charge >= 0.3 is 0 Å². The Morgan fingerprint density at radius 3 is 2.61 bits per heavy atom. The third-order valence-electron chi connectivity index (χ3n) is 3.73. The fourth-order valence-electron chi connectivity index (χ4n) is 2.31. The van der Waals surface area contributed by atoms with Gasteiger partial charge in [-0.25, -0.2) is 13.1 Å². The van der Waals surface area contributed by atoms with Crippen LogP contribution in [0.2, 0.25) is 0 Å². The smallest absolute Gasteiger partial charge is 0.207 e. The molecular formula is C12H16N2O2S2. The van der Waals surface area contributed by atoms with Crippen molar-refractivity contribution in [3.05, 3.63) is 17.0 Å². The van der Waals surface area contributed by atoms with Crippen molar-refractivity contribution in [2.45, 2.75) is 36.9 Å². The van der Waals surface area contributed by atoms with Crippen LogP contribution in [0, 0.1) is 23.2 Å². The molecule has 0 saturated heterocycles. The van der Waals surface area contributed by atoms with Crippen molar-refractivity contribution in [2.75, 3.05) is 0 Å². The Morgan fingerprint density at radius 1 is 1.39 bits per heavy atom. The van der Waals surface area contributed by atoms with Crippen LogP contribution in [0.25, 0.3) is 0 Å². The number of nitriles is 1. The van der Waals surface area contributed by atoms with Gasteiger partial charge in [0.25, 0.3) is 0 Å². The summed E-state index contributed by atoms with van der Waals surface area (Å²) in [6.45, 7) is 4.23. The molecule has 1 fully saturated rings. The lowest BCUT2D eigenvalue weighted by atomic mass is 9.98. The van der Waals surface area contributed by atoms with E-state index in [0.717, 1.165) is 24.2 Å². The van der Waals surface area contributed by atoms with Gasteiger partial charge in [0, 0.05) is 6.04 Å². The number of rotatable bonds is 3. The average molecular weight is 284 g/mol. The number of nitrogens with zero attached hydrogens (tertiary/aromatic N) is 1. The molecule has 0 amide bonds. The third-order valence-corrected chi connectivity index (χ3v) is 6.70. The summed E-state index contributed by atoms with van der Waals surface area (Å²) in [6, 6.07) is 5.00. The molecule has 3 unspecified atom stereocenters. The van der Waals surface area contributed by atoms with Crippen LogP contribution in [0.1, 0.15) is 31.6 Å². The zero-order valence-corrected chi connectivity index (χ0v) is 12.0. The number of nitrogens with one attached hydrogen (secondary N) is 1. The fourth-order valence-corrected chi connectivity index (χ4v) is 4.79. The lowest BCUT2D eigenvalue weighted by Gasteiger charge is -2.18. The summed E-state index contributed by atoms with van der Waals surface area (Å²) in [7, 11) is -3.47. The molecule has 2 rings (SSSR count). The van der Waals surface area contributed by atoms with Gasteiger partial charge in [-0.3, -0.25) is 0 Å². The maximum Gasteiger partial charge on any atom is 0.250 e. The summed E-state index contributed by atoms with van der Waals surface area (Å²) in [6.07, 6.45) is 1.94. The number of thiophene rings is 1. The Labute approximate surface area is 112 Å². The largest absolute Gasteiger partial charge is 0.250 e. The lowest BCUT2D eigenvalue weighted by Crippen LogP contribution is -2.36. The summed E-state index contributed by atoms with van der Waals surface area (Å²) in [5.74, 6) is 0.908. The molecule has 6 heteroatoms. The van der Waals surface area contributed by atoms with Crippen LogP contribution in [0.4, 0.5) is 0 Å². The van der Waals surface area contributed by atoms with Crippen molar-refractivity contribution >= 4 is 21.4 Å². The van der Waals surface area contributed by atoms with Gasteiger partial charge in [0.1, 0.15) is 15.2 Å². The van der Waals surface area contributed by atoms with Gasteiger partial charge in [-0.2, -0.15) is 5.26 Å². The molecule has 0 spiro atoms. The van der Waals surface area contributed by atoms with Gasteiger partial charge in [-0.15, -0.1) is 11.3 Å². The lowest BCUT2D eigenvalue weighted by molar-refractivity contribution is 0.402. The first-order chi connectivity index (χ1) is 8.44. The molecule has 1 aromatic rings. The maximum atomic E-state index is 12.2. The van der Waals surface area contributed by atoms with E-state index in [9.17, 15) is 8.42 Å². The van der Waals surface area contributed by atoms with Gasteiger partial charge in [0.2, 0.25) is 10.0 Å². The van der Waals surface area contributed by atoms with E-state index in [0.29, 0.717) is 16.7 Å².